The minimum absolute atomic E-state index is 0.267. The summed E-state index contributed by atoms with van der Waals surface area (Å²) in [6.45, 7) is 2.43. The fourth-order valence-electron chi connectivity index (χ4n) is 1.62. The number of rotatable bonds is 4. The molecule has 0 aliphatic rings. The van der Waals surface area contributed by atoms with Crippen molar-refractivity contribution in [3.63, 3.8) is 0 Å². The number of thiocarbonyl (C=S) groups is 1. The van der Waals surface area contributed by atoms with E-state index in [-0.39, 0.29) is 4.99 Å². The van der Waals surface area contributed by atoms with Crippen LogP contribution in [0.5, 0.6) is 0 Å². The molecule has 0 fully saturated rings. The van der Waals surface area contributed by atoms with Gasteiger partial charge in [0.05, 0.1) is 34.7 Å². The summed E-state index contributed by atoms with van der Waals surface area (Å²) in [6.07, 6.45) is 3.46. The Bertz CT molecular complexity index is 598. The Morgan fingerprint density at radius 2 is 2.16 bits per heavy atom. The lowest BCUT2D eigenvalue weighted by atomic mass is 10.1. The maximum absolute atomic E-state index is 6.09. The van der Waals surface area contributed by atoms with Gasteiger partial charge in [-0.25, -0.2) is 0 Å². The zero-order chi connectivity index (χ0) is 13.8. The topological polar surface area (TPSA) is 63.8 Å². The number of anilines is 1. The highest BCUT2D eigenvalue weighted by Crippen LogP contribution is 2.24. The summed E-state index contributed by atoms with van der Waals surface area (Å²) in [5.41, 5.74) is 8.85. The van der Waals surface area contributed by atoms with Crippen LogP contribution in [0, 0.1) is 6.92 Å². The Hall–Kier alpha value is -1.72. The molecule has 0 bridgehead atoms. The molecule has 4 nitrogen and oxygen atoms in total. The maximum atomic E-state index is 6.09. The molecule has 3 N–H and O–H groups in total. The van der Waals surface area contributed by atoms with Gasteiger partial charge in [0.25, 0.3) is 0 Å². The molecule has 1 aromatic carbocycles. The van der Waals surface area contributed by atoms with Crippen LogP contribution >= 0.6 is 23.8 Å². The zero-order valence-corrected chi connectivity index (χ0v) is 11.9. The first-order valence-electron chi connectivity index (χ1n) is 5.67. The number of nitrogens with one attached hydrogen (secondary N) is 1. The van der Waals surface area contributed by atoms with E-state index < -0.39 is 0 Å². The molecule has 0 spiro atoms. The van der Waals surface area contributed by atoms with E-state index in [1.54, 1.807) is 18.5 Å². The minimum Gasteiger partial charge on any atom is -0.389 e. The summed E-state index contributed by atoms with van der Waals surface area (Å²) in [5, 5.41) is 3.75. The van der Waals surface area contributed by atoms with Gasteiger partial charge < -0.3 is 11.1 Å². The number of nitrogens with two attached hydrogens (primary N) is 1. The van der Waals surface area contributed by atoms with Crippen LogP contribution in [0.4, 0.5) is 5.69 Å². The third-order valence-corrected chi connectivity index (χ3v) is 3.07. The molecular weight excluding hydrogens is 280 g/mol. The third kappa shape index (κ3) is 3.39. The number of aryl methyl sites for hydroxylation is 1. The highest BCUT2D eigenvalue weighted by atomic mass is 35.5. The van der Waals surface area contributed by atoms with Crippen molar-refractivity contribution in [2.24, 2.45) is 5.73 Å². The molecule has 0 radical (unpaired) electrons. The molecule has 1 aromatic heterocycles. The first-order chi connectivity index (χ1) is 9.08. The second-order valence-corrected chi connectivity index (χ2v) is 4.88. The molecule has 0 saturated carbocycles. The van der Waals surface area contributed by atoms with E-state index >= 15 is 0 Å². The lowest BCUT2D eigenvalue weighted by molar-refractivity contribution is 0.984. The molecule has 19 heavy (non-hydrogen) atoms. The summed E-state index contributed by atoms with van der Waals surface area (Å²) in [5.74, 6) is 0. The Kier molecular flexibility index (Phi) is 4.29. The summed E-state index contributed by atoms with van der Waals surface area (Å²) >= 11 is 11.1. The highest BCUT2D eigenvalue weighted by molar-refractivity contribution is 7.80. The van der Waals surface area contributed by atoms with Crippen molar-refractivity contribution in [1.82, 2.24) is 9.97 Å². The van der Waals surface area contributed by atoms with Gasteiger partial charge in [-0.15, -0.1) is 0 Å². The number of halogens is 1. The number of benzene rings is 1. The number of aromatic nitrogens is 2. The molecule has 0 unspecified atom stereocenters. The van der Waals surface area contributed by atoms with E-state index in [1.807, 2.05) is 19.1 Å². The number of hydrogen-bond acceptors (Lipinski definition) is 4. The van der Waals surface area contributed by atoms with Crippen LogP contribution in [0.2, 0.25) is 5.02 Å². The first kappa shape index (κ1) is 13.7. The van der Waals surface area contributed by atoms with Crippen LogP contribution in [0.25, 0.3) is 0 Å². The molecule has 0 aliphatic carbocycles. The fraction of sp³-hybridized carbons (Fsp3) is 0.154. The summed E-state index contributed by atoms with van der Waals surface area (Å²) < 4.78 is 0. The molecule has 2 rings (SSSR count). The van der Waals surface area contributed by atoms with Gasteiger partial charge in [-0.1, -0.05) is 29.9 Å². The monoisotopic (exact) mass is 292 g/mol. The van der Waals surface area contributed by atoms with E-state index in [0.717, 1.165) is 17.1 Å². The largest absolute Gasteiger partial charge is 0.389 e. The van der Waals surface area contributed by atoms with E-state index in [9.17, 15) is 0 Å². The van der Waals surface area contributed by atoms with Crippen molar-refractivity contribution >= 4 is 34.5 Å². The van der Waals surface area contributed by atoms with E-state index in [2.05, 4.69) is 15.3 Å². The average Bonchev–Trinajstić information content (AvgIpc) is 2.37. The lowest BCUT2D eigenvalue weighted by Crippen LogP contribution is -2.14. The minimum atomic E-state index is 0.267. The standard InChI is InChI=1S/C13H13ClN4S/c1-8-5-17-9(6-16-8)7-18-11-4-2-3-10(14)12(11)13(15)19/h2-6,18H,7H2,1H3,(H2,15,19). The number of nitrogens with zero attached hydrogens (tertiary/aromatic N) is 2. The highest BCUT2D eigenvalue weighted by Gasteiger charge is 2.09. The van der Waals surface area contributed by atoms with Crippen LogP contribution < -0.4 is 11.1 Å². The van der Waals surface area contributed by atoms with Crippen molar-refractivity contribution in [3.8, 4) is 0 Å². The molecule has 98 valence electrons. The lowest BCUT2D eigenvalue weighted by Gasteiger charge is -2.12. The zero-order valence-electron chi connectivity index (χ0n) is 10.4. The van der Waals surface area contributed by atoms with Gasteiger partial charge in [0.1, 0.15) is 4.99 Å². The molecule has 0 amide bonds. The second kappa shape index (κ2) is 5.95. The van der Waals surface area contributed by atoms with Crippen LogP contribution in [0.1, 0.15) is 17.0 Å². The SMILES string of the molecule is Cc1cnc(CNc2cccc(Cl)c2C(N)=S)cn1. The average molecular weight is 293 g/mol. The second-order valence-electron chi connectivity index (χ2n) is 4.03. The quantitative estimate of drug-likeness (QED) is 0.848. The van der Waals surface area contributed by atoms with Gasteiger partial charge in [0.2, 0.25) is 0 Å². The van der Waals surface area contributed by atoms with Crippen molar-refractivity contribution in [3.05, 3.63) is 52.6 Å². The van der Waals surface area contributed by atoms with Crippen LogP contribution in [0.15, 0.2) is 30.6 Å². The Labute approximate surface area is 122 Å². The van der Waals surface area contributed by atoms with Gasteiger partial charge in [-0.2, -0.15) is 0 Å². The first-order valence-corrected chi connectivity index (χ1v) is 6.46. The van der Waals surface area contributed by atoms with Gasteiger partial charge in [-0.3, -0.25) is 9.97 Å². The van der Waals surface area contributed by atoms with Crippen LogP contribution in [0.3, 0.4) is 0 Å². The fourth-order valence-corrected chi connectivity index (χ4v) is 2.17. The Balaban J connectivity index is 2.18. The Morgan fingerprint density at radius 3 is 2.79 bits per heavy atom. The van der Waals surface area contributed by atoms with Crippen molar-refractivity contribution in [2.45, 2.75) is 13.5 Å². The Morgan fingerprint density at radius 1 is 1.37 bits per heavy atom. The maximum Gasteiger partial charge on any atom is 0.107 e. The predicted octanol–water partition coefficient (Wildman–Crippen LogP) is 2.68. The normalized spacial score (nSPS) is 10.2. The van der Waals surface area contributed by atoms with Crippen molar-refractivity contribution < 1.29 is 0 Å². The van der Waals surface area contributed by atoms with Crippen molar-refractivity contribution in [2.75, 3.05) is 5.32 Å². The smallest absolute Gasteiger partial charge is 0.107 e. The van der Waals surface area contributed by atoms with Crippen LogP contribution in [-0.2, 0) is 6.54 Å². The van der Waals surface area contributed by atoms with Gasteiger partial charge in [-0.05, 0) is 19.1 Å². The molecular formula is C13H13ClN4S. The van der Waals surface area contributed by atoms with E-state index in [1.165, 1.54) is 0 Å². The molecule has 1 heterocycles. The van der Waals surface area contributed by atoms with Gasteiger partial charge in [0, 0.05) is 11.9 Å². The van der Waals surface area contributed by atoms with E-state index in [0.29, 0.717) is 17.1 Å². The molecule has 0 aliphatic heterocycles. The predicted molar refractivity (Wildman–Crippen MR) is 81.4 cm³/mol. The van der Waals surface area contributed by atoms with E-state index in [4.69, 9.17) is 29.6 Å². The van der Waals surface area contributed by atoms with Crippen LogP contribution in [-0.4, -0.2) is 15.0 Å². The number of hydrogen-bond donors (Lipinski definition) is 2. The molecule has 0 saturated heterocycles. The van der Waals surface area contributed by atoms with Gasteiger partial charge in [0.15, 0.2) is 0 Å². The summed E-state index contributed by atoms with van der Waals surface area (Å²) in [4.78, 5) is 8.72. The molecule has 2 aromatic rings. The molecule has 6 heteroatoms. The van der Waals surface area contributed by atoms with Gasteiger partial charge >= 0.3 is 0 Å². The summed E-state index contributed by atoms with van der Waals surface area (Å²) in [6, 6.07) is 5.47. The summed E-state index contributed by atoms with van der Waals surface area (Å²) in [7, 11) is 0. The van der Waals surface area contributed by atoms with Crippen molar-refractivity contribution in [1.29, 1.82) is 0 Å². The molecule has 0 atom stereocenters. The third-order valence-electron chi connectivity index (χ3n) is 2.55.